The minimum atomic E-state index is -4.36. The molecule has 1 atom stereocenters. The van der Waals surface area contributed by atoms with Crippen molar-refractivity contribution < 1.29 is 17.4 Å². The lowest BCUT2D eigenvalue weighted by atomic mass is 10.2. The standard InChI is InChI=1S/C10H13F3N2OS/c1-17(16)6-2-4-14-9-7-8(3-5-15-9)10(11,12)13/h3,5,7H,2,4,6H2,1H3,(H,14,15). The third-order valence-electron chi connectivity index (χ3n) is 2.00. The fourth-order valence-electron chi connectivity index (χ4n) is 1.20. The number of nitrogens with one attached hydrogen (secondary N) is 1. The summed E-state index contributed by atoms with van der Waals surface area (Å²) in [6, 6.07) is 1.88. The first-order valence-corrected chi connectivity index (χ1v) is 6.69. The lowest BCUT2D eigenvalue weighted by Crippen LogP contribution is -2.10. The van der Waals surface area contributed by atoms with Gasteiger partial charge in [-0.25, -0.2) is 4.98 Å². The van der Waals surface area contributed by atoms with Gasteiger partial charge in [0.25, 0.3) is 0 Å². The maximum Gasteiger partial charge on any atom is 0.416 e. The molecule has 0 radical (unpaired) electrons. The van der Waals surface area contributed by atoms with E-state index in [-0.39, 0.29) is 5.82 Å². The van der Waals surface area contributed by atoms with E-state index in [0.29, 0.717) is 18.7 Å². The molecule has 1 N–H and O–H groups in total. The van der Waals surface area contributed by atoms with E-state index in [9.17, 15) is 17.4 Å². The summed E-state index contributed by atoms with van der Waals surface area (Å²) in [5.41, 5.74) is -0.728. The fourth-order valence-corrected chi connectivity index (χ4v) is 1.75. The average molecular weight is 266 g/mol. The van der Waals surface area contributed by atoms with Gasteiger partial charge in [0, 0.05) is 35.5 Å². The second-order valence-electron chi connectivity index (χ2n) is 3.49. The first-order chi connectivity index (χ1) is 7.89. The van der Waals surface area contributed by atoms with E-state index in [4.69, 9.17) is 0 Å². The Labute approximate surface area is 99.9 Å². The summed E-state index contributed by atoms with van der Waals surface area (Å²) in [6.45, 7) is 0.452. The van der Waals surface area contributed by atoms with E-state index in [2.05, 4.69) is 10.3 Å². The Hall–Kier alpha value is -1.11. The van der Waals surface area contributed by atoms with Crippen molar-refractivity contribution in [3.05, 3.63) is 23.9 Å². The summed E-state index contributed by atoms with van der Waals surface area (Å²) in [7, 11) is -0.882. The molecule has 3 nitrogen and oxygen atoms in total. The van der Waals surface area contributed by atoms with Gasteiger partial charge < -0.3 is 5.32 Å². The highest BCUT2D eigenvalue weighted by Gasteiger charge is 2.30. The molecule has 0 aromatic carbocycles. The molecule has 0 spiro atoms. The third-order valence-corrected chi connectivity index (χ3v) is 2.87. The fraction of sp³-hybridized carbons (Fsp3) is 0.500. The highest BCUT2D eigenvalue weighted by Crippen LogP contribution is 2.29. The summed E-state index contributed by atoms with van der Waals surface area (Å²) in [5.74, 6) is 0.702. The van der Waals surface area contributed by atoms with Crippen LogP contribution in [0.4, 0.5) is 19.0 Å². The van der Waals surface area contributed by atoms with Gasteiger partial charge in [0.15, 0.2) is 0 Å². The first kappa shape index (κ1) is 14.0. The van der Waals surface area contributed by atoms with Gasteiger partial charge in [-0.15, -0.1) is 0 Å². The van der Waals surface area contributed by atoms with Crippen LogP contribution in [0.1, 0.15) is 12.0 Å². The number of anilines is 1. The van der Waals surface area contributed by atoms with Crippen molar-refractivity contribution in [1.82, 2.24) is 4.98 Å². The van der Waals surface area contributed by atoms with Crippen LogP contribution < -0.4 is 5.32 Å². The van der Waals surface area contributed by atoms with E-state index in [1.165, 1.54) is 0 Å². The minimum absolute atomic E-state index is 0.182. The molecule has 0 aliphatic heterocycles. The van der Waals surface area contributed by atoms with Gasteiger partial charge >= 0.3 is 6.18 Å². The highest BCUT2D eigenvalue weighted by atomic mass is 32.2. The Bertz CT molecular complexity index is 395. The third kappa shape index (κ3) is 5.16. The summed E-state index contributed by atoms with van der Waals surface area (Å²) in [5, 5.41) is 2.77. The molecule has 1 aromatic rings. The molecule has 0 aliphatic carbocycles. The predicted octanol–water partition coefficient (Wildman–Crippen LogP) is 2.28. The SMILES string of the molecule is CS(=O)CCCNc1cc(C(F)(F)F)ccn1. The van der Waals surface area contributed by atoms with Crippen LogP contribution in [0.5, 0.6) is 0 Å². The van der Waals surface area contributed by atoms with Crippen LogP contribution in [0.25, 0.3) is 0 Å². The Morgan fingerprint density at radius 3 is 2.76 bits per heavy atom. The van der Waals surface area contributed by atoms with E-state index < -0.39 is 22.5 Å². The van der Waals surface area contributed by atoms with Crippen molar-refractivity contribution in [3.63, 3.8) is 0 Å². The quantitative estimate of drug-likeness (QED) is 0.831. The summed E-state index contributed by atoms with van der Waals surface area (Å²) < 4.78 is 47.9. The number of alkyl halides is 3. The van der Waals surface area contributed by atoms with Gasteiger partial charge in [0.05, 0.1) is 5.56 Å². The number of aromatic nitrogens is 1. The van der Waals surface area contributed by atoms with Gasteiger partial charge in [-0.1, -0.05) is 0 Å². The second kappa shape index (κ2) is 6.00. The Kier molecular flexibility index (Phi) is 4.92. The van der Waals surface area contributed by atoms with Crippen molar-refractivity contribution in [1.29, 1.82) is 0 Å². The van der Waals surface area contributed by atoms with Crippen LogP contribution >= 0.6 is 0 Å². The van der Waals surface area contributed by atoms with Crippen molar-refractivity contribution >= 4 is 16.6 Å². The Morgan fingerprint density at radius 2 is 2.18 bits per heavy atom. The molecule has 0 saturated heterocycles. The van der Waals surface area contributed by atoms with Crippen LogP contribution in [-0.4, -0.2) is 27.7 Å². The molecule has 7 heteroatoms. The molecule has 1 aromatic heterocycles. The van der Waals surface area contributed by atoms with Crippen molar-refractivity contribution in [3.8, 4) is 0 Å². The number of rotatable bonds is 5. The van der Waals surface area contributed by atoms with Crippen LogP contribution in [0.2, 0.25) is 0 Å². The van der Waals surface area contributed by atoms with E-state index in [0.717, 1.165) is 18.3 Å². The molecule has 96 valence electrons. The summed E-state index contributed by atoms with van der Waals surface area (Å²) >= 11 is 0. The topological polar surface area (TPSA) is 42.0 Å². The van der Waals surface area contributed by atoms with Crippen molar-refractivity contribution in [2.45, 2.75) is 12.6 Å². The molecule has 1 heterocycles. The van der Waals surface area contributed by atoms with Gasteiger partial charge in [-0.2, -0.15) is 13.2 Å². The summed E-state index contributed by atoms with van der Waals surface area (Å²) in [4.78, 5) is 3.78. The number of hydrogen-bond donors (Lipinski definition) is 1. The molecule has 17 heavy (non-hydrogen) atoms. The molecule has 0 bridgehead atoms. The van der Waals surface area contributed by atoms with Crippen LogP contribution in [-0.2, 0) is 17.0 Å². The van der Waals surface area contributed by atoms with Crippen molar-refractivity contribution in [2.24, 2.45) is 0 Å². The molecular weight excluding hydrogens is 253 g/mol. The van der Waals surface area contributed by atoms with Gasteiger partial charge in [0.2, 0.25) is 0 Å². The van der Waals surface area contributed by atoms with Crippen LogP contribution in [0.15, 0.2) is 18.3 Å². The summed E-state index contributed by atoms with van der Waals surface area (Å²) in [6.07, 6.45) is -1.03. The monoisotopic (exact) mass is 266 g/mol. The van der Waals surface area contributed by atoms with Gasteiger partial charge in [-0.05, 0) is 18.6 Å². The molecule has 1 rings (SSSR count). The lowest BCUT2D eigenvalue weighted by molar-refractivity contribution is -0.137. The number of hydrogen-bond acceptors (Lipinski definition) is 3. The number of pyridine rings is 1. The Morgan fingerprint density at radius 1 is 1.47 bits per heavy atom. The molecule has 0 saturated carbocycles. The maximum atomic E-state index is 12.4. The molecule has 0 amide bonds. The average Bonchev–Trinajstić information content (AvgIpc) is 2.23. The normalized spacial score (nSPS) is 13.4. The zero-order valence-corrected chi connectivity index (χ0v) is 10.1. The zero-order valence-electron chi connectivity index (χ0n) is 9.25. The maximum absolute atomic E-state index is 12.4. The highest BCUT2D eigenvalue weighted by molar-refractivity contribution is 7.84. The second-order valence-corrected chi connectivity index (χ2v) is 5.04. The molecule has 0 aliphatic rings. The molecular formula is C10H13F3N2OS. The number of nitrogens with zero attached hydrogens (tertiary/aromatic N) is 1. The van der Waals surface area contributed by atoms with E-state index in [1.54, 1.807) is 6.26 Å². The van der Waals surface area contributed by atoms with E-state index in [1.807, 2.05) is 0 Å². The largest absolute Gasteiger partial charge is 0.416 e. The minimum Gasteiger partial charge on any atom is -0.370 e. The van der Waals surface area contributed by atoms with E-state index >= 15 is 0 Å². The van der Waals surface area contributed by atoms with Crippen molar-refractivity contribution in [2.75, 3.05) is 23.9 Å². The smallest absolute Gasteiger partial charge is 0.370 e. The lowest BCUT2D eigenvalue weighted by Gasteiger charge is -2.09. The zero-order chi connectivity index (χ0) is 12.9. The molecule has 0 fully saturated rings. The van der Waals surface area contributed by atoms with Crippen LogP contribution in [0.3, 0.4) is 0 Å². The van der Waals surface area contributed by atoms with Gasteiger partial charge in [-0.3, -0.25) is 4.21 Å². The van der Waals surface area contributed by atoms with Crippen LogP contribution in [0, 0.1) is 0 Å². The predicted molar refractivity (Wildman–Crippen MR) is 61.3 cm³/mol. The van der Waals surface area contributed by atoms with Gasteiger partial charge in [0.1, 0.15) is 5.82 Å². The number of halogens is 3. The first-order valence-electron chi connectivity index (χ1n) is 4.97. The molecule has 1 unspecified atom stereocenters. The Balaban J connectivity index is 2.52.